The van der Waals surface area contributed by atoms with Crippen molar-refractivity contribution in [1.82, 2.24) is 24.5 Å². The molecule has 9 nitrogen and oxygen atoms in total. The van der Waals surface area contributed by atoms with E-state index in [0.717, 1.165) is 34.1 Å². The Labute approximate surface area is 194 Å². The SMILES string of the molecule is Cc1cc(NC(=O)CSc2nnc(-c3ccccc3)n2Cc2ccc3c(c2)OCO3)n(C)n1. The lowest BCUT2D eigenvalue weighted by molar-refractivity contribution is -0.113. The van der Waals surface area contributed by atoms with E-state index in [1.807, 2.05) is 66.1 Å². The van der Waals surface area contributed by atoms with E-state index in [2.05, 4.69) is 20.6 Å². The van der Waals surface area contributed by atoms with Crippen LogP contribution in [0.4, 0.5) is 5.82 Å². The van der Waals surface area contributed by atoms with Crippen molar-refractivity contribution in [2.75, 3.05) is 17.9 Å². The van der Waals surface area contributed by atoms with Crippen molar-refractivity contribution in [3.8, 4) is 22.9 Å². The smallest absolute Gasteiger partial charge is 0.235 e. The predicted molar refractivity (Wildman–Crippen MR) is 124 cm³/mol. The van der Waals surface area contributed by atoms with E-state index < -0.39 is 0 Å². The lowest BCUT2D eigenvalue weighted by Gasteiger charge is -2.11. The number of ether oxygens (including phenoxy) is 2. The maximum atomic E-state index is 12.6. The lowest BCUT2D eigenvalue weighted by atomic mass is 10.2. The summed E-state index contributed by atoms with van der Waals surface area (Å²) in [4.78, 5) is 12.6. The van der Waals surface area contributed by atoms with E-state index >= 15 is 0 Å². The Hall–Kier alpha value is -3.79. The van der Waals surface area contributed by atoms with Crippen LogP contribution in [0.3, 0.4) is 0 Å². The molecule has 2 aromatic carbocycles. The second-order valence-corrected chi connectivity index (χ2v) is 8.52. The molecule has 1 amide bonds. The Kier molecular flexibility index (Phi) is 5.74. The average Bonchev–Trinajstić information content (AvgIpc) is 3.51. The predicted octanol–water partition coefficient (Wildman–Crippen LogP) is 3.49. The Morgan fingerprint density at radius 2 is 1.91 bits per heavy atom. The van der Waals surface area contributed by atoms with Crippen LogP contribution in [0.2, 0.25) is 0 Å². The molecule has 1 N–H and O–H groups in total. The van der Waals surface area contributed by atoms with Gasteiger partial charge in [-0.15, -0.1) is 10.2 Å². The molecule has 0 atom stereocenters. The van der Waals surface area contributed by atoms with Crippen LogP contribution in [-0.2, 0) is 18.4 Å². The van der Waals surface area contributed by atoms with Crippen LogP contribution in [-0.4, -0.2) is 43.0 Å². The van der Waals surface area contributed by atoms with Gasteiger partial charge < -0.3 is 14.8 Å². The highest BCUT2D eigenvalue weighted by Crippen LogP contribution is 2.33. The molecule has 168 valence electrons. The number of hydrogen-bond acceptors (Lipinski definition) is 7. The summed E-state index contributed by atoms with van der Waals surface area (Å²) < 4.78 is 14.6. The van der Waals surface area contributed by atoms with Crippen molar-refractivity contribution in [2.24, 2.45) is 7.05 Å². The summed E-state index contributed by atoms with van der Waals surface area (Å²) in [7, 11) is 1.80. The van der Waals surface area contributed by atoms with Gasteiger partial charge in [0, 0.05) is 18.7 Å². The van der Waals surface area contributed by atoms with Crippen LogP contribution in [0.15, 0.2) is 59.8 Å². The average molecular weight is 463 g/mol. The summed E-state index contributed by atoms with van der Waals surface area (Å²) >= 11 is 1.34. The third-order valence-electron chi connectivity index (χ3n) is 5.13. The molecular weight excluding hydrogens is 440 g/mol. The van der Waals surface area contributed by atoms with Gasteiger partial charge in [-0.3, -0.25) is 14.0 Å². The number of aryl methyl sites for hydroxylation is 2. The first-order valence-corrected chi connectivity index (χ1v) is 11.4. The molecule has 0 saturated heterocycles. The molecule has 4 aromatic rings. The van der Waals surface area contributed by atoms with E-state index in [-0.39, 0.29) is 18.5 Å². The van der Waals surface area contributed by atoms with E-state index in [1.54, 1.807) is 11.7 Å². The van der Waals surface area contributed by atoms with Gasteiger partial charge in [-0.25, -0.2) is 0 Å². The van der Waals surface area contributed by atoms with Crippen LogP contribution in [0.25, 0.3) is 11.4 Å². The van der Waals surface area contributed by atoms with Crippen LogP contribution in [0, 0.1) is 6.92 Å². The molecule has 3 heterocycles. The van der Waals surface area contributed by atoms with Gasteiger partial charge in [0.1, 0.15) is 5.82 Å². The number of rotatable bonds is 7. The molecule has 33 heavy (non-hydrogen) atoms. The third-order valence-corrected chi connectivity index (χ3v) is 6.10. The standard InChI is InChI=1S/C23H22N6O3S/c1-15-10-20(28(2)27-15)24-21(30)13-33-23-26-25-22(17-6-4-3-5-7-17)29(23)12-16-8-9-18-19(11-16)32-14-31-18/h3-11H,12-14H2,1-2H3,(H,24,30). The van der Waals surface area contributed by atoms with Crippen molar-refractivity contribution in [3.63, 3.8) is 0 Å². The van der Waals surface area contributed by atoms with Crippen molar-refractivity contribution in [3.05, 3.63) is 65.9 Å². The molecule has 2 aromatic heterocycles. The summed E-state index contributed by atoms with van der Waals surface area (Å²) in [6, 6.07) is 17.6. The normalized spacial score (nSPS) is 12.2. The fraction of sp³-hybridized carbons (Fsp3) is 0.217. The molecule has 0 aliphatic carbocycles. The minimum Gasteiger partial charge on any atom is -0.454 e. The molecule has 0 saturated carbocycles. The highest BCUT2D eigenvalue weighted by Gasteiger charge is 2.19. The van der Waals surface area contributed by atoms with Gasteiger partial charge in [-0.1, -0.05) is 48.2 Å². The van der Waals surface area contributed by atoms with Crippen LogP contribution < -0.4 is 14.8 Å². The first kappa shape index (κ1) is 21.1. The molecule has 1 aliphatic rings. The molecule has 10 heteroatoms. The minimum atomic E-state index is -0.137. The number of nitrogens with one attached hydrogen (secondary N) is 1. The number of hydrogen-bond donors (Lipinski definition) is 1. The van der Waals surface area contributed by atoms with Gasteiger partial charge >= 0.3 is 0 Å². The van der Waals surface area contributed by atoms with Crippen LogP contribution in [0.5, 0.6) is 11.5 Å². The quantitative estimate of drug-likeness (QED) is 0.420. The highest BCUT2D eigenvalue weighted by atomic mass is 32.2. The number of fused-ring (bicyclic) bond motifs is 1. The number of amides is 1. The third kappa shape index (κ3) is 4.56. The number of aromatic nitrogens is 5. The Morgan fingerprint density at radius 3 is 2.70 bits per heavy atom. The van der Waals surface area contributed by atoms with E-state index in [9.17, 15) is 4.79 Å². The van der Waals surface area contributed by atoms with Gasteiger partial charge in [-0.2, -0.15) is 5.10 Å². The summed E-state index contributed by atoms with van der Waals surface area (Å²) in [6.45, 7) is 2.64. The molecular formula is C23H22N6O3S. The van der Waals surface area contributed by atoms with Gasteiger partial charge in [-0.05, 0) is 24.6 Å². The monoisotopic (exact) mass is 462 g/mol. The summed E-state index contributed by atoms with van der Waals surface area (Å²) in [5.41, 5.74) is 2.82. The Balaban J connectivity index is 1.38. The van der Waals surface area contributed by atoms with Gasteiger partial charge in [0.15, 0.2) is 22.5 Å². The number of carbonyl (C=O) groups excluding carboxylic acids is 1. The van der Waals surface area contributed by atoms with E-state index in [0.29, 0.717) is 17.5 Å². The fourth-order valence-electron chi connectivity index (χ4n) is 3.60. The summed E-state index contributed by atoms with van der Waals surface area (Å²) in [6.07, 6.45) is 0. The minimum absolute atomic E-state index is 0.137. The second kappa shape index (κ2) is 8.99. The van der Waals surface area contributed by atoms with Gasteiger partial charge in [0.2, 0.25) is 12.7 Å². The Morgan fingerprint density at radius 1 is 1.09 bits per heavy atom. The zero-order valence-corrected chi connectivity index (χ0v) is 19.0. The van der Waals surface area contributed by atoms with Crippen molar-refractivity contribution < 1.29 is 14.3 Å². The first-order valence-electron chi connectivity index (χ1n) is 10.4. The molecule has 0 unspecified atom stereocenters. The van der Waals surface area contributed by atoms with Crippen LogP contribution >= 0.6 is 11.8 Å². The number of anilines is 1. The molecule has 0 fully saturated rings. The lowest BCUT2D eigenvalue weighted by Crippen LogP contribution is -2.17. The number of nitrogens with zero attached hydrogens (tertiary/aromatic N) is 5. The first-order chi connectivity index (χ1) is 16.1. The fourth-order valence-corrected chi connectivity index (χ4v) is 4.34. The number of benzene rings is 2. The summed E-state index contributed by atoms with van der Waals surface area (Å²) in [5.74, 6) is 2.91. The maximum absolute atomic E-state index is 12.6. The highest BCUT2D eigenvalue weighted by molar-refractivity contribution is 7.99. The molecule has 5 rings (SSSR count). The zero-order valence-electron chi connectivity index (χ0n) is 18.2. The van der Waals surface area contributed by atoms with Gasteiger partial charge in [0.25, 0.3) is 0 Å². The molecule has 0 spiro atoms. The van der Waals surface area contributed by atoms with Crippen molar-refractivity contribution in [1.29, 1.82) is 0 Å². The van der Waals surface area contributed by atoms with Crippen molar-refractivity contribution in [2.45, 2.75) is 18.6 Å². The largest absolute Gasteiger partial charge is 0.454 e. The van der Waals surface area contributed by atoms with Crippen LogP contribution in [0.1, 0.15) is 11.3 Å². The summed E-state index contributed by atoms with van der Waals surface area (Å²) in [5, 5.41) is 16.6. The topological polar surface area (TPSA) is 96.1 Å². The number of thioether (sulfide) groups is 1. The molecule has 1 aliphatic heterocycles. The second-order valence-electron chi connectivity index (χ2n) is 7.58. The number of carbonyl (C=O) groups is 1. The Bertz CT molecular complexity index is 1300. The van der Waals surface area contributed by atoms with Crippen molar-refractivity contribution >= 4 is 23.5 Å². The molecule has 0 radical (unpaired) electrons. The maximum Gasteiger partial charge on any atom is 0.235 e. The van der Waals surface area contributed by atoms with E-state index in [1.165, 1.54) is 11.8 Å². The van der Waals surface area contributed by atoms with Gasteiger partial charge in [0.05, 0.1) is 18.0 Å². The van der Waals surface area contributed by atoms with E-state index in [4.69, 9.17) is 9.47 Å². The zero-order chi connectivity index (χ0) is 22.8. The molecule has 0 bridgehead atoms.